The van der Waals surface area contributed by atoms with Gasteiger partial charge in [-0.1, -0.05) is 12.1 Å². The third-order valence-corrected chi connectivity index (χ3v) is 4.82. The summed E-state index contributed by atoms with van der Waals surface area (Å²) in [6.45, 7) is 2.42. The van der Waals surface area contributed by atoms with E-state index < -0.39 is 10.0 Å². The molecule has 0 saturated carbocycles. The number of amides is 1. The first kappa shape index (κ1) is 17.6. The summed E-state index contributed by atoms with van der Waals surface area (Å²) >= 11 is 0. The van der Waals surface area contributed by atoms with E-state index in [0.717, 1.165) is 5.56 Å². The van der Waals surface area contributed by atoms with Crippen LogP contribution in [0.4, 0.5) is 0 Å². The molecule has 1 amide bonds. The minimum absolute atomic E-state index is 0.0341. The maximum Gasteiger partial charge on any atom is 0.240 e. The molecule has 0 aliphatic heterocycles. The highest BCUT2D eigenvalue weighted by Gasteiger charge is 2.19. The average molecular weight is 313 g/mol. The van der Waals surface area contributed by atoms with Crippen molar-refractivity contribution in [2.24, 2.45) is 0 Å². The summed E-state index contributed by atoms with van der Waals surface area (Å²) in [5.74, 6) is 0.0341. The lowest BCUT2D eigenvalue weighted by Crippen LogP contribution is -2.42. The minimum Gasteiger partial charge on any atom is -0.347 e. The molecule has 21 heavy (non-hydrogen) atoms. The van der Waals surface area contributed by atoms with Crippen LogP contribution in [-0.4, -0.2) is 58.4 Å². The molecule has 1 atom stereocenters. The lowest BCUT2D eigenvalue weighted by molar-refractivity contribution is -0.133. The molecule has 0 spiro atoms. The van der Waals surface area contributed by atoms with Crippen LogP contribution in [0.5, 0.6) is 0 Å². The number of nitrogens with one attached hydrogen (secondary N) is 1. The number of hydrogen-bond donors (Lipinski definition) is 1. The molecule has 0 bridgehead atoms. The Labute approximate surface area is 126 Å². The monoisotopic (exact) mass is 313 g/mol. The normalized spacial score (nSPS) is 13.2. The van der Waals surface area contributed by atoms with E-state index >= 15 is 0 Å². The lowest BCUT2D eigenvalue weighted by atomic mass is 10.2. The zero-order valence-corrected chi connectivity index (χ0v) is 13.9. The first-order valence-electron chi connectivity index (χ1n) is 6.63. The van der Waals surface area contributed by atoms with Crippen LogP contribution >= 0.6 is 0 Å². The van der Waals surface area contributed by atoms with Crippen molar-refractivity contribution in [1.29, 1.82) is 0 Å². The van der Waals surface area contributed by atoms with Gasteiger partial charge in [-0.05, 0) is 38.7 Å². The molecule has 0 aliphatic rings. The van der Waals surface area contributed by atoms with E-state index in [1.165, 1.54) is 7.05 Å². The van der Waals surface area contributed by atoms with Crippen molar-refractivity contribution < 1.29 is 13.2 Å². The number of carbonyl (C=O) groups excluding carboxylic acids is 1. The van der Waals surface area contributed by atoms with Crippen LogP contribution in [0, 0.1) is 0 Å². The fraction of sp³-hybridized carbons (Fsp3) is 0.500. The summed E-state index contributed by atoms with van der Waals surface area (Å²) in [5, 5.41) is 0. The van der Waals surface area contributed by atoms with Crippen LogP contribution in [0.25, 0.3) is 0 Å². The van der Waals surface area contributed by atoms with E-state index in [9.17, 15) is 13.2 Å². The predicted octanol–water partition coefficient (Wildman–Crippen LogP) is 0.503. The molecule has 7 heteroatoms. The molecular weight excluding hydrogens is 290 g/mol. The van der Waals surface area contributed by atoms with Crippen molar-refractivity contribution in [3.05, 3.63) is 29.8 Å². The SMILES string of the molecule is CNS(=O)(=O)c1ccc(CN(C)[C@H](C)C(=O)N(C)C)cc1. The summed E-state index contributed by atoms with van der Waals surface area (Å²) in [5.41, 5.74) is 0.950. The second kappa shape index (κ2) is 7.02. The number of carbonyl (C=O) groups is 1. The van der Waals surface area contributed by atoms with Gasteiger partial charge in [-0.3, -0.25) is 9.69 Å². The fourth-order valence-electron chi connectivity index (χ4n) is 1.88. The van der Waals surface area contributed by atoms with E-state index in [1.807, 2.05) is 18.9 Å². The van der Waals surface area contributed by atoms with Gasteiger partial charge in [0.2, 0.25) is 15.9 Å². The average Bonchev–Trinajstić information content (AvgIpc) is 2.46. The molecule has 0 aliphatic carbocycles. The second-order valence-corrected chi connectivity index (χ2v) is 7.06. The summed E-state index contributed by atoms with van der Waals surface area (Å²) < 4.78 is 25.5. The van der Waals surface area contributed by atoms with Gasteiger partial charge in [0.05, 0.1) is 10.9 Å². The molecule has 0 aromatic heterocycles. The molecule has 0 heterocycles. The fourth-order valence-corrected chi connectivity index (χ4v) is 2.61. The molecule has 1 aromatic carbocycles. The van der Waals surface area contributed by atoms with Crippen LogP contribution < -0.4 is 4.72 Å². The van der Waals surface area contributed by atoms with Gasteiger partial charge in [0, 0.05) is 20.6 Å². The molecule has 1 N–H and O–H groups in total. The maximum absolute atomic E-state index is 11.9. The van der Waals surface area contributed by atoms with E-state index in [4.69, 9.17) is 0 Å². The van der Waals surface area contributed by atoms with Crippen LogP contribution in [0.1, 0.15) is 12.5 Å². The van der Waals surface area contributed by atoms with Crippen molar-refractivity contribution in [2.45, 2.75) is 24.4 Å². The van der Waals surface area contributed by atoms with Crippen LogP contribution in [0.2, 0.25) is 0 Å². The number of hydrogen-bond acceptors (Lipinski definition) is 4. The predicted molar refractivity (Wildman–Crippen MR) is 82.3 cm³/mol. The number of sulfonamides is 1. The maximum atomic E-state index is 11.9. The van der Waals surface area contributed by atoms with E-state index in [0.29, 0.717) is 6.54 Å². The lowest BCUT2D eigenvalue weighted by Gasteiger charge is -2.26. The Hall–Kier alpha value is -1.44. The Bertz CT molecular complexity index is 582. The smallest absolute Gasteiger partial charge is 0.240 e. The summed E-state index contributed by atoms with van der Waals surface area (Å²) in [4.78, 5) is 15.6. The zero-order chi connectivity index (χ0) is 16.2. The Morgan fingerprint density at radius 2 is 1.71 bits per heavy atom. The van der Waals surface area contributed by atoms with E-state index in [2.05, 4.69) is 4.72 Å². The standard InChI is InChI=1S/C14H23N3O3S/c1-11(14(18)16(3)4)17(5)10-12-6-8-13(9-7-12)21(19,20)15-2/h6-9,11,15H,10H2,1-5H3/t11-/m1/s1. The van der Waals surface area contributed by atoms with Gasteiger partial charge >= 0.3 is 0 Å². The van der Waals surface area contributed by atoms with Crippen molar-refractivity contribution >= 4 is 15.9 Å². The molecule has 0 fully saturated rings. The highest BCUT2D eigenvalue weighted by molar-refractivity contribution is 7.89. The quantitative estimate of drug-likeness (QED) is 0.830. The van der Waals surface area contributed by atoms with Crippen LogP contribution in [0.3, 0.4) is 0 Å². The third-order valence-electron chi connectivity index (χ3n) is 3.39. The van der Waals surface area contributed by atoms with Crippen molar-refractivity contribution in [3.8, 4) is 0 Å². The van der Waals surface area contributed by atoms with E-state index in [1.54, 1.807) is 43.3 Å². The van der Waals surface area contributed by atoms with Crippen molar-refractivity contribution in [1.82, 2.24) is 14.5 Å². The first-order valence-corrected chi connectivity index (χ1v) is 8.11. The summed E-state index contributed by atoms with van der Waals surface area (Å²) in [6, 6.07) is 6.41. The Balaban J connectivity index is 2.79. The first-order chi connectivity index (χ1) is 9.69. The molecule has 6 nitrogen and oxygen atoms in total. The molecule has 1 rings (SSSR count). The summed E-state index contributed by atoms with van der Waals surface area (Å²) in [7, 11) is 3.29. The van der Waals surface area contributed by atoms with Gasteiger partial charge in [0.1, 0.15) is 0 Å². The highest BCUT2D eigenvalue weighted by Crippen LogP contribution is 2.12. The van der Waals surface area contributed by atoms with Crippen molar-refractivity contribution in [2.75, 3.05) is 28.2 Å². The molecule has 0 unspecified atom stereocenters. The van der Waals surface area contributed by atoms with Crippen LogP contribution in [0.15, 0.2) is 29.2 Å². The number of benzene rings is 1. The van der Waals surface area contributed by atoms with Gasteiger partial charge < -0.3 is 4.90 Å². The Morgan fingerprint density at radius 1 is 1.19 bits per heavy atom. The van der Waals surface area contributed by atoms with Crippen LogP contribution in [-0.2, 0) is 21.4 Å². The number of likely N-dealkylation sites (N-methyl/N-ethyl adjacent to an activating group) is 2. The molecule has 0 radical (unpaired) electrons. The minimum atomic E-state index is -3.41. The molecular formula is C14H23N3O3S. The summed E-state index contributed by atoms with van der Waals surface area (Å²) in [6.07, 6.45) is 0. The highest BCUT2D eigenvalue weighted by atomic mass is 32.2. The van der Waals surface area contributed by atoms with Gasteiger partial charge in [-0.25, -0.2) is 13.1 Å². The topological polar surface area (TPSA) is 69.7 Å². The Morgan fingerprint density at radius 3 is 2.14 bits per heavy atom. The largest absolute Gasteiger partial charge is 0.347 e. The molecule has 0 saturated heterocycles. The molecule has 118 valence electrons. The van der Waals surface area contributed by atoms with E-state index in [-0.39, 0.29) is 16.8 Å². The Kier molecular flexibility index (Phi) is 5.88. The number of rotatable bonds is 6. The van der Waals surface area contributed by atoms with Crippen molar-refractivity contribution in [3.63, 3.8) is 0 Å². The van der Waals surface area contributed by atoms with Gasteiger partial charge in [0.15, 0.2) is 0 Å². The molecule has 1 aromatic rings. The zero-order valence-electron chi connectivity index (χ0n) is 13.1. The number of nitrogens with zero attached hydrogens (tertiary/aromatic N) is 2. The van der Waals surface area contributed by atoms with Gasteiger partial charge in [-0.15, -0.1) is 0 Å². The third kappa shape index (κ3) is 4.52. The second-order valence-electron chi connectivity index (χ2n) is 5.18. The van der Waals surface area contributed by atoms with Gasteiger partial charge in [0.25, 0.3) is 0 Å². The van der Waals surface area contributed by atoms with Gasteiger partial charge in [-0.2, -0.15) is 0 Å².